The number of hydrogen-bond donors (Lipinski definition) is 0. The second-order valence-corrected chi connectivity index (χ2v) is 9.62. The van der Waals surface area contributed by atoms with Gasteiger partial charge in [0, 0.05) is 25.8 Å². The van der Waals surface area contributed by atoms with Crippen LogP contribution in [0.4, 0.5) is 5.69 Å². The van der Waals surface area contributed by atoms with Gasteiger partial charge >= 0.3 is 0 Å². The minimum atomic E-state index is -3.59. The van der Waals surface area contributed by atoms with Crippen molar-refractivity contribution < 1.29 is 13.2 Å². The molecule has 1 fully saturated rings. The zero-order valence-corrected chi connectivity index (χ0v) is 17.8. The van der Waals surface area contributed by atoms with E-state index >= 15 is 0 Å². The molecule has 150 valence electrons. The molecule has 0 unspecified atom stereocenters. The van der Waals surface area contributed by atoms with Crippen molar-refractivity contribution in [3.63, 3.8) is 0 Å². The normalized spacial score (nSPS) is 18.1. The van der Waals surface area contributed by atoms with Gasteiger partial charge in [0.25, 0.3) is 0 Å². The molecule has 0 aliphatic carbocycles. The van der Waals surface area contributed by atoms with E-state index < -0.39 is 10.0 Å². The lowest BCUT2D eigenvalue weighted by molar-refractivity contribution is -0.123. The van der Waals surface area contributed by atoms with Crippen LogP contribution >= 0.6 is 0 Å². The predicted molar refractivity (Wildman–Crippen MR) is 112 cm³/mol. The summed E-state index contributed by atoms with van der Waals surface area (Å²) >= 11 is 0. The molecule has 6 heteroatoms. The number of carbonyl (C=O) groups is 1. The third-order valence-corrected chi connectivity index (χ3v) is 7.48. The van der Waals surface area contributed by atoms with Gasteiger partial charge in [0.15, 0.2) is 0 Å². The van der Waals surface area contributed by atoms with Crippen LogP contribution in [0.3, 0.4) is 0 Å². The molecule has 0 aromatic heterocycles. The van der Waals surface area contributed by atoms with Crippen LogP contribution in [0.25, 0.3) is 0 Å². The molecular weight excluding hydrogens is 372 g/mol. The Morgan fingerprint density at radius 2 is 1.71 bits per heavy atom. The Kier molecular flexibility index (Phi) is 5.91. The highest BCUT2D eigenvalue weighted by molar-refractivity contribution is 7.89. The first kappa shape index (κ1) is 20.6. The number of benzene rings is 2. The van der Waals surface area contributed by atoms with Gasteiger partial charge in [-0.2, -0.15) is 4.31 Å². The number of piperidine rings is 1. The van der Waals surface area contributed by atoms with E-state index in [2.05, 4.69) is 0 Å². The van der Waals surface area contributed by atoms with E-state index in [1.54, 1.807) is 36.2 Å². The first-order chi connectivity index (χ1) is 13.2. The van der Waals surface area contributed by atoms with Crippen LogP contribution in [-0.2, 0) is 14.8 Å². The Bertz CT molecular complexity index is 968. The van der Waals surface area contributed by atoms with Crippen LogP contribution < -0.4 is 4.90 Å². The fourth-order valence-corrected chi connectivity index (χ4v) is 5.08. The molecule has 0 spiro atoms. The molecule has 2 aromatic carbocycles. The van der Waals surface area contributed by atoms with Gasteiger partial charge in [-0.15, -0.1) is 0 Å². The lowest BCUT2D eigenvalue weighted by Crippen LogP contribution is -2.46. The maximum Gasteiger partial charge on any atom is 0.243 e. The number of hydrogen-bond acceptors (Lipinski definition) is 3. The van der Waals surface area contributed by atoms with E-state index in [-0.39, 0.29) is 23.3 Å². The Morgan fingerprint density at radius 3 is 2.36 bits per heavy atom. The summed E-state index contributed by atoms with van der Waals surface area (Å²) in [5, 5.41) is 0. The summed E-state index contributed by atoms with van der Waals surface area (Å²) in [7, 11) is -1.82. The van der Waals surface area contributed by atoms with Crippen LogP contribution in [0.2, 0.25) is 0 Å². The van der Waals surface area contributed by atoms with Crippen molar-refractivity contribution in [2.45, 2.75) is 38.5 Å². The highest BCUT2D eigenvalue weighted by Gasteiger charge is 2.34. The Morgan fingerprint density at radius 1 is 1.04 bits per heavy atom. The number of nitrogens with zero attached hydrogens (tertiary/aromatic N) is 2. The average molecular weight is 401 g/mol. The highest BCUT2D eigenvalue weighted by atomic mass is 32.2. The Labute approximate surface area is 168 Å². The number of amides is 1. The molecule has 28 heavy (non-hydrogen) atoms. The van der Waals surface area contributed by atoms with Gasteiger partial charge in [-0.25, -0.2) is 8.42 Å². The second kappa shape index (κ2) is 8.05. The number of carbonyl (C=O) groups excluding carboxylic acids is 1. The standard InChI is InChI=1S/C22H28N2O3S/c1-16-7-11-21(12-8-16)28(26,27)24-13-5-6-19(15-24)22(25)23(4)20-10-9-17(2)18(3)14-20/h7-12,14,19H,5-6,13,15H2,1-4H3/t19-/m0/s1. The molecule has 3 rings (SSSR count). The summed E-state index contributed by atoms with van der Waals surface area (Å²) in [6, 6.07) is 12.8. The van der Waals surface area contributed by atoms with Crippen molar-refractivity contribution in [2.75, 3.05) is 25.0 Å². The summed E-state index contributed by atoms with van der Waals surface area (Å²) in [5.74, 6) is -0.368. The first-order valence-corrected chi connectivity index (χ1v) is 11.1. The molecule has 5 nitrogen and oxygen atoms in total. The Balaban J connectivity index is 1.77. The third-order valence-electron chi connectivity index (χ3n) is 5.60. The van der Waals surface area contributed by atoms with Crippen LogP contribution in [0.1, 0.15) is 29.5 Å². The van der Waals surface area contributed by atoms with Crippen LogP contribution in [0.15, 0.2) is 47.4 Å². The van der Waals surface area contributed by atoms with E-state index in [4.69, 9.17) is 0 Å². The fraction of sp³-hybridized carbons (Fsp3) is 0.409. The van der Waals surface area contributed by atoms with Crippen molar-refractivity contribution >= 4 is 21.6 Å². The van der Waals surface area contributed by atoms with Gasteiger partial charge in [0.2, 0.25) is 15.9 Å². The van der Waals surface area contributed by atoms with Crippen molar-refractivity contribution in [1.82, 2.24) is 4.31 Å². The van der Waals surface area contributed by atoms with E-state index in [9.17, 15) is 13.2 Å². The molecule has 1 heterocycles. The summed E-state index contributed by atoms with van der Waals surface area (Å²) < 4.78 is 27.4. The van der Waals surface area contributed by atoms with Crippen LogP contribution in [0, 0.1) is 26.7 Å². The third kappa shape index (κ3) is 4.13. The van der Waals surface area contributed by atoms with E-state index in [1.807, 2.05) is 39.0 Å². The largest absolute Gasteiger partial charge is 0.315 e. The number of anilines is 1. The molecule has 1 aliphatic rings. The quantitative estimate of drug-likeness (QED) is 0.787. The van der Waals surface area contributed by atoms with Crippen molar-refractivity contribution in [2.24, 2.45) is 5.92 Å². The summed E-state index contributed by atoms with van der Waals surface area (Å²) in [6.45, 7) is 6.66. The smallest absolute Gasteiger partial charge is 0.243 e. The second-order valence-electron chi connectivity index (χ2n) is 7.68. The van der Waals surface area contributed by atoms with Gasteiger partial charge < -0.3 is 4.90 Å². The number of sulfonamides is 1. The minimum Gasteiger partial charge on any atom is -0.315 e. The molecule has 0 saturated carbocycles. The molecule has 1 amide bonds. The van der Waals surface area contributed by atoms with Gasteiger partial charge in [-0.05, 0) is 69.0 Å². The Hall–Kier alpha value is -2.18. The highest BCUT2D eigenvalue weighted by Crippen LogP contribution is 2.27. The fourth-order valence-electron chi connectivity index (χ4n) is 3.56. The lowest BCUT2D eigenvalue weighted by Gasteiger charge is -2.33. The monoisotopic (exact) mass is 400 g/mol. The first-order valence-electron chi connectivity index (χ1n) is 9.62. The molecule has 1 saturated heterocycles. The van der Waals surface area contributed by atoms with Gasteiger partial charge in [-0.3, -0.25) is 4.79 Å². The molecule has 1 aliphatic heterocycles. The summed E-state index contributed by atoms with van der Waals surface area (Å²) in [6.07, 6.45) is 1.39. The van der Waals surface area contributed by atoms with Crippen molar-refractivity contribution in [3.8, 4) is 0 Å². The SMILES string of the molecule is Cc1ccc(S(=O)(=O)N2CCC[C@H](C(=O)N(C)c3ccc(C)c(C)c3)C2)cc1. The zero-order valence-electron chi connectivity index (χ0n) is 17.0. The summed E-state index contributed by atoms with van der Waals surface area (Å²) in [4.78, 5) is 15.0. The maximum absolute atomic E-state index is 13.1. The molecule has 1 atom stereocenters. The molecule has 0 bridgehead atoms. The van der Waals surface area contributed by atoms with Gasteiger partial charge in [0.1, 0.15) is 0 Å². The molecule has 0 N–H and O–H groups in total. The molecule has 0 radical (unpaired) electrons. The van der Waals surface area contributed by atoms with Crippen LogP contribution in [0.5, 0.6) is 0 Å². The van der Waals surface area contributed by atoms with E-state index in [1.165, 1.54) is 9.87 Å². The zero-order chi connectivity index (χ0) is 20.5. The van der Waals surface area contributed by atoms with Crippen molar-refractivity contribution in [3.05, 3.63) is 59.2 Å². The van der Waals surface area contributed by atoms with Gasteiger partial charge in [-0.1, -0.05) is 23.8 Å². The molecular formula is C22H28N2O3S. The van der Waals surface area contributed by atoms with Gasteiger partial charge in [0.05, 0.1) is 10.8 Å². The van der Waals surface area contributed by atoms with E-state index in [0.717, 1.165) is 16.8 Å². The van der Waals surface area contributed by atoms with Crippen molar-refractivity contribution in [1.29, 1.82) is 0 Å². The predicted octanol–water partition coefficient (Wildman–Crippen LogP) is 3.68. The average Bonchev–Trinajstić information content (AvgIpc) is 2.69. The topological polar surface area (TPSA) is 57.7 Å². The van der Waals surface area contributed by atoms with E-state index in [0.29, 0.717) is 19.4 Å². The van der Waals surface area contributed by atoms with Crippen LogP contribution in [-0.4, -0.2) is 38.8 Å². The number of aryl methyl sites for hydroxylation is 3. The lowest BCUT2D eigenvalue weighted by atomic mass is 9.98. The minimum absolute atomic E-state index is 0.0351. The number of rotatable bonds is 4. The maximum atomic E-state index is 13.1. The molecule has 2 aromatic rings. The summed E-state index contributed by atoms with van der Waals surface area (Å²) in [5.41, 5.74) is 4.16.